The molecule has 0 N–H and O–H groups in total. The zero-order valence-corrected chi connectivity index (χ0v) is 16.7. The third-order valence-electron chi connectivity index (χ3n) is 4.39. The van der Waals surface area contributed by atoms with E-state index in [1.54, 1.807) is 40.1 Å². The minimum atomic E-state index is 0.00110. The second-order valence-corrected chi connectivity index (χ2v) is 8.37. The van der Waals surface area contributed by atoms with Gasteiger partial charge in [0.25, 0.3) is 5.56 Å². The summed E-state index contributed by atoms with van der Waals surface area (Å²) in [6.45, 7) is 4.43. The summed E-state index contributed by atoms with van der Waals surface area (Å²) in [6, 6.07) is 9.68. The average Bonchev–Trinajstić information content (AvgIpc) is 2.98. The van der Waals surface area contributed by atoms with E-state index in [-0.39, 0.29) is 5.56 Å². The van der Waals surface area contributed by atoms with Crippen molar-refractivity contribution in [1.29, 1.82) is 0 Å². The molecule has 27 heavy (non-hydrogen) atoms. The molecule has 0 aromatic carbocycles. The lowest BCUT2D eigenvalue weighted by molar-refractivity contribution is 0.647. The summed E-state index contributed by atoms with van der Waals surface area (Å²) in [5.41, 5.74) is 2.96. The minimum Gasteiger partial charge on any atom is -0.281 e. The Hall–Kier alpha value is -2.51. The van der Waals surface area contributed by atoms with Gasteiger partial charge in [0.2, 0.25) is 0 Å². The first-order chi connectivity index (χ1) is 13.1. The molecule has 0 aliphatic rings. The fourth-order valence-corrected chi connectivity index (χ4v) is 4.85. The first-order valence-electron chi connectivity index (χ1n) is 8.55. The molecule has 136 valence electrons. The summed E-state index contributed by atoms with van der Waals surface area (Å²) in [4.78, 5) is 28.6. The van der Waals surface area contributed by atoms with E-state index in [1.165, 1.54) is 0 Å². The Balaban J connectivity index is 1.79. The Morgan fingerprint density at radius 2 is 2.04 bits per heavy atom. The molecule has 0 spiro atoms. The highest BCUT2D eigenvalue weighted by Gasteiger charge is 2.17. The van der Waals surface area contributed by atoms with E-state index < -0.39 is 0 Å². The first-order valence-corrected chi connectivity index (χ1v) is 10.4. The summed E-state index contributed by atoms with van der Waals surface area (Å²) >= 11 is 3.13. The number of hydrogen-bond acceptors (Lipinski definition) is 6. The number of thiophene rings is 1. The molecule has 4 aromatic rings. The lowest BCUT2D eigenvalue weighted by Gasteiger charge is -2.12. The molecule has 5 nitrogen and oxygen atoms in total. The Bertz CT molecular complexity index is 1140. The number of aryl methyl sites for hydroxylation is 2. The zero-order valence-electron chi connectivity index (χ0n) is 15.0. The van der Waals surface area contributed by atoms with Crippen LogP contribution < -0.4 is 5.56 Å². The van der Waals surface area contributed by atoms with Gasteiger partial charge in [-0.3, -0.25) is 19.3 Å². The Morgan fingerprint density at radius 1 is 1.15 bits per heavy atom. The maximum Gasteiger partial charge on any atom is 0.263 e. The van der Waals surface area contributed by atoms with E-state index in [0.717, 1.165) is 31.9 Å². The SMILES string of the molecule is Cc1sc2nc(SCc3cccnc3)n(Cc3ccccn3)c(=O)c2c1C. The van der Waals surface area contributed by atoms with Gasteiger partial charge >= 0.3 is 0 Å². The van der Waals surface area contributed by atoms with Gasteiger partial charge in [-0.25, -0.2) is 4.98 Å². The maximum atomic E-state index is 13.3. The molecule has 0 aliphatic heterocycles. The normalized spacial score (nSPS) is 11.2. The van der Waals surface area contributed by atoms with Gasteiger partial charge in [-0.05, 0) is 43.2 Å². The van der Waals surface area contributed by atoms with Crippen LogP contribution in [0.15, 0.2) is 58.9 Å². The molecule has 7 heteroatoms. The van der Waals surface area contributed by atoms with Crippen LogP contribution in [0.3, 0.4) is 0 Å². The van der Waals surface area contributed by atoms with Crippen molar-refractivity contribution in [2.24, 2.45) is 0 Å². The molecule has 0 unspecified atom stereocenters. The number of hydrogen-bond donors (Lipinski definition) is 0. The predicted octanol–water partition coefficient (Wildman–Crippen LogP) is 4.21. The molecule has 4 heterocycles. The molecular formula is C20H18N4OS2. The molecule has 4 aromatic heterocycles. The van der Waals surface area contributed by atoms with Gasteiger partial charge in [0.15, 0.2) is 5.16 Å². The molecule has 0 atom stereocenters. The maximum absolute atomic E-state index is 13.3. The number of thioether (sulfide) groups is 1. The van der Waals surface area contributed by atoms with Gasteiger partial charge in [-0.1, -0.05) is 23.9 Å². The third-order valence-corrected chi connectivity index (χ3v) is 6.54. The van der Waals surface area contributed by atoms with Crippen LogP contribution in [0.25, 0.3) is 10.2 Å². The van der Waals surface area contributed by atoms with Gasteiger partial charge in [-0.2, -0.15) is 0 Å². The van der Waals surface area contributed by atoms with Crippen molar-refractivity contribution in [2.45, 2.75) is 31.3 Å². The van der Waals surface area contributed by atoms with Crippen LogP contribution >= 0.6 is 23.1 Å². The zero-order chi connectivity index (χ0) is 18.8. The van der Waals surface area contributed by atoms with Gasteiger partial charge in [-0.15, -0.1) is 11.3 Å². The van der Waals surface area contributed by atoms with Crippen molar-refractivity contribution in [3.8, 4) is 0 Å². The van der Waals surface area contributed by atoms with Crippen LogP contribution in [0, 0.1) is 13.8 Å². The molecule has 0 radical (unpaired) electrons. The topological polar surface area (TPSA) is 60.7 Å². The second-order valence-electron chi connectivity index (χ2n) is 6.22. The second kappa shape index (κ2) is 7.62. The Morgan fingerprint density at radius 3 is 2.78 bits per heavy atom. The molecular weight excluding hydrogens is 376 g/mol. The molecule has 0 amide bonds. The summed E-state index contributed by atoms with van der Waals surface area (Å²) < 4.78 is 1.74. The van der Waals surface area contributed by atoms with Crippen LogP contribution in [-0.2, 0) is 12.3 Å². The van der Waals surface area contributed by atoms with E-state index in [9.17, 15) is 4.79 Å². The molecule has 0 bridgehead atoms. The lowest BCUT2D eigenvalue weighted by atomic mass is 10.2. The molecule has 0 fully saturated rings. The van der Waals surface area contributed by atoms with Crippen LogP contribution in [0.5, 0.6) is 0 Å². The van der Waals surface area contributed by atoms with E-state index in [2.05, 4.69) is 9.97 Å². The van der Waals surface area contributed by atoms with Crippen LogP contribution in [0.4, 0.5) is 0 Å². The van der Waals surface area contributed by atoms with Crippen molar-refractivity contribution in [3.63, 3.8) is 0 Å². The quantitative estimate of drug-likeness (QED) is 0.375. The summed E-state index contributed by atoms with van der Waals surface area (Å²) in [5, 5.41) is 1.43. The number of aromatic nitrogens is 4. The highest BCUT2D eigenvalue weighted by Crippen LogP contribution is 2.29. The van der Waals surface area contributed by atoms with Crippen molar-refractivity contribution < 1.29 is 0 Å². The number of rotatable bonds is 5. The third kappa shape index (κ3) is 3.65. The van der Waals surface area contributed by atoms with Gasteiger partial charge in [0.05, 0.1) is 17.6 Å². The largest absolute Gasteiger partial charge is 0.281 e. The minimum absolute atomic E-state index is 0.00110. The van der Waals surface area contributed by atoms with Crippen LogP contribution in [0.2, 0.25) is 0 Å². The van der Waals surface area contributed by atoms with Crippen molar-refractivity contribution in [3.05, 3.63) is 81.0 Å². The number of nitrogens with zero attached hydrogens (tertiary/aromatic N) is 4. The average molecular weight is 395 g/mol. The van der Waals surface area contributed by atoms with Crippen LogP contribution in [0.1, 0.15) is 21.7 Å². The smallest absolute Gasteiger partial charge is 0.263 e. The van der Waals surface area contributed by atoms with E-state index in [4.69, 9.17) is 4.98 Å². The van der Waals surface area contributed by atoms with Gasteiger partial charge in [0, 0.05) is 29.2 Å². The van der Waals surface area contributed by atoms with Crippen molar-refractivity contribution in [2.75, 3.05) is 0 Å². The van der Waals surface area contributed by atoms with E-state index in [0.29, 0.717) is 17.5 Å². The predicted molar refractivity (Wildman–Crippen MR) is 110 cm³/mol. The first kappa shape index (κ1) is 17.9. The van der Waals surface area contributed by atoms with Crippen molar-refractivity contribution in [1.82, 2.24) is 19.5 Å². The van der Waals surface area contributed by atoms with Crippen LogP contribution in [-0.4, -0.2) is 19.5 Å². The van der Waals surface area contributed by atoms with E-state index >= 15 is 0 Å². The standard InChI is InChI=1S/C20H18N4OS2/c1-13-14(2)27-18-17(13)19(25)24(11-16-7-3-4-9-22-16)20(23-18)26-12-15-6-5-8-21-10-15/h3-10H,11-12H2,1-2H3. The number of fused-ring (bicyclic) bond motifs is 1. The fraction of sp³-hybridized carbons (Fsp3) is 0.200. The van der Waals surface area contributed by atoms with Gasteiger partial charge < -0.3 is 0 Å². The molecule has 4 rings (SSSR count). The van der Waals surface area contributed by atoms with Crippen molar-refractivity contribution >= 4 is 33.3 Å². The Labute approximate surface area is 165 Å². The summed E-state index contributed by atoms with van der Waals surface area (Å²) in [6.07, 6.45) is 5.34. The summed E-state index contributed by atoms with van der Waals surface area (Å²) in [7, 11) is 0. The molecule has 0 aliphatic carbocycles. The highest BCUT2D eigenvalue weighted by molar-refractivity contribution is 7.98. The lowest BCUT2D eigenvalue weighted by Crippen LogP contribution is -2.24. The highest BCUT2D eigenvalue weighted by atomic mass is 32.2. The van der Waals surface area contributed by atoms with Gasteiger partial charge in [0.1, 0.15) is 4.83 Å². The fourth-order valence-electron chi connectivity index (χ4n) is 2.84. The van der Waals surface area contributed by atoms with E-state index in [1.807, 2.05) is 50.4 Å². The molecule has 0 saturated carbocycles. The molecule has 0 saturated heterocycles. The summed E-state index contributed by atoms with van der Waals surface area (Å²) in [5.74, 6) is 0.706. The number of pyridine rings is 2. The Kier molecular flexibility index (Phi) is 5.05. The monoisotopic (exact) mass is 394 g/mol.